The van der Waals surface area contributed by atoms with Crippen LogP contribution in [0, 0.1) is 0 Å². The van der Waals surface area contributed by atoms with E-state index in [1.165, 1.54) is 17.1 Å². The van der Waals surface area contributed by atoms with E-state index in [-0.39, 0.29) is 11.8 Å². The third-order valence-corrected chi connectivity index (χ3v) is 4.31. The number of amides is 2. The van der Waals surface area contributed by atoms with Crippen LogP contribution >= 0.6 is 0 Å². The van der Waals surface area contributed by atoms with Gasteiger partial charge in [-0.3, -0.25) is 9.59 Å². The zero-order valence-corrected chi connectivity index (χ0v) is 14.9. The molecule has 1 aliphatic heterocycles. The summed E-state index contributed by atoms with van der Waals surface area (Å²) < 4.78 is 0. The largest absolute Gasteiger partial charge is 0.399 e. The molecular weight excluding hydrogens is 336 g/mol. The molecule has 0 aliphatic carbocycles. The Balaban J connectivity index is 1.87. The number of nitrogen functional groups attached to an aromatic ring is 1. The van der Waals surface area contributed by atoms with Gasteiger partial charge in [0.1, 0.15) is 0 Å². The van der Waals surface area contributed by atoms with Crippen LogP contribution in [0.1, 0.15) is 11.1 Å². The monoisotopic (exact) mass is 356 g/mol. The smallest absolute Gasteiger partial charge is 0.266 e. The first-order valence-corrected chi connectivity index (χ1v) is 8.53. The van der Waals surface area contributed by atoms with E-state index >= 15 is 0 Å². The van der Waals surface area contributed by atoms with E-state index < -0.39 is 0 Å². The van der Waals surface area contributed by atoms with E-state index in [9.17, 15) is 9.59 Å². The van der Waals surface area contributed by atoms with Crippen LogP contribution in [0.25, 0.3) is 0 Å². The topological polar surface area (TPSA) is 63.4 Å². The van der Waals surface area contributed by atoms with Crippen molar-refractivity contribution in [2.24, 2.45) is 0 Å². The van der Waals surface area contributed by atoms with Crippen LogP contribution in [-0.2, 0) is 16.0 Å². The summed E-state index contributed by atoms with van der Waals surface area (Å²) in [6.45, 7) is 7.23. The fraction of sp³-hybridized carbons (Fsp3) is 0.0435. The van der Waals surface area contributed by atoms with Crippen molar-refractivity contribution >= 4 is 23.2 Å². The summed E-state index contributed by atoms with van der Waals surface area (Å²) >= 11 is 0. The zero-order chi connectivity index (χ0) is 19.4. The van der Waals surface area contributed by atoms with Crippen molar-refractivity contribution in [3.63, 3.8) is 0 Å². The number of rotatable bonds is 5. The van der Waals surface area contributed by atoms with E-state index in [0.717, 1.165) is 23.2 Å². The van der Waals surface area contributed by atoms with Crippen LogP contribution in [0.3, 0.4) is 0 Å². The maximum Gasteiger partial charge on any atom is 0.266 e. The van der Waals surface area contributed by atoms with Crippen molar-refractivity contribution < 1.29 is 9.59 Å². The van der Waals surface area contributed by atoms with Crippen LogP contribution in [0.4, 0.5) is 11.4 Å². The summed E-state index contributed by atoms with van der Waals surface area (Å²) in [7, 11) is 0. The van der Waals surface area contributed by atoms with Crippen LogP contribution in [0.2, 0.25) is 0 Å². The van der Waals surface area contributed by atoms with Gasteiger partial charge >= 0.3 is 0 Å². The van der Waals surface area contributed by atoms with E-state index in [1.54, 1.807) is 24.3 Å². The number of carbonyl (C=O) groups is 2. The predicted octanol–water partition coefficient (Wildman–Crippen LogP) is 3.96. The Morgan fingerprint density at radius 2 is 1.22 bits per heavy atom. The minimum absolute atomic E-state index is 0.320. The molecule has 0 unspecified atom stereocenters. The molecule has 4 heteroatoms. The van der Waals surface area contributed by atoms with Crippen LogP contribution in [0.15, 0.2) is 97.1 Å². The van der Waals surface area contributed by atoms with Gasteiger partial charge in [-0.2, -0.15) is 0 Å². The number of hydrogen-bond donors (Lipinski definition) is 1. The first-order valence-electron chi connectivity index (χ1n) is 8.53. The Morgan fingerprint density at radius 3 is 1.67 bits per heavy atom. The van der Waals surface area contributed by atoms with Crippen LogP contribution in [0.5, 0.6) is 0 Å². The molecule has 2 aromatic carbocycles. The van der Waals surface area contributed by atoms with Gasteiger partial charge < -0.3 is 5.73 Å². The summed E-state index contributed by atoms with van der Waals surface area (Å²) in [5.41, 5.74) is 9.83. The molecule has 134 valence electrons. The van der Waals surface area contributed by atoms with E-state index in [0.29, 0.717) is 16.8 Å². The molecular formula is C23H20N2O2. The lowest BCUT2D eigenvalue weighted by atomic mass is 10.0. The molecule has 1 saturated heterocycles. The predicted molar refractivity (Wildman–Crippen MR) is 109 cm³/mol. The molecule has 2 amide bonds. The molecule has 0 spiro atoms. The van der Waals surface area contributed by atoms with Crippen molar-refractivity contribution in [2.75, 3.05) is 10.6 Å². The molecule has 0 atom stereocenters. The number of anilines is 2. The second kappa shape index (κ2) is 7.70. The molecule has 4 nitrogen and oxygen atoms in total. The highest BCUT2D eigenvalue weighted by Crippen LogP contribution is 2.30. The molecule has 2 N–H and O–H groups in total. The lowest BCUT2D eigenvalue weighted by Crippen LogP contribution is -2.29. The van der Waals surface area contributed by atoms with Crippen molar-refractivity contribution in [3.8, 4) is 0 Å². The molecule has 27 heavy (non-hydrogen) atoms. The highest BCUT2D eigenvalue weighted by molar-refractivity contribution is 6.37. The number of allylic oxidation sites excluding steroid dienone is 4. The van der Waals surface area contributed by atoms with Crippen LogP contribution in [-0.4, -0.2) is 11.8 Å². The summed E-state index contributed by atoms with van der Waals surface area (Å²) in [5, 5.41) is 0. The molecule has 2 aromatic rings. The van der Waals surface area contributed by atoms with Gasteiger partial charge in [0.2, 0.25) is 0 Å². The SMILES string of the molecule is C=C/C=C1/C(=O)N(c2ccc(Cc3ccc(N)cc3)cc2)C(=O)/C1=C/C=C. The third kappa shape index (κ3) is 3.65. The average molecular weight is 356 g/mol. The minimum atomic E-state index is -0.362. The Kier molecular flexibility index (Phi) is 5.18. The van der Waals surface area contributed by atoms with Crippen LogP contribution < -0.4 is 10.6 Å². The molecule has 3 rings (SSSR count). The maximum atomic E-state index is 12.7. The number of nitrogens with two attached hydrogens (primary N) is 1. The zero-order valence-electron chi connectivity index (χ0n) is 14.9. The fourth-order valence-electron chi connectivity index (χ4n) is 2.99. The second-order valence-electron chi connectivity index (χ2n) is 6.16. The highest BCUT2D eigenvalue weighted by Gasteiger charge is 2.39. The second-order valence-corrected chi connectivity index (χ2v) is 6.16. The molecule has 0 bridgehead atoms. The molecule has 1 aliphatic rings. The van der Waals surface area contributed by atoms with Gasteiger partial charge in [0.25, 0.3) is 11.8 Å². The van der Waals surface area contributed by atoms with Gasteiger partial charge in [0, 0.05) is 5.69 Å². The number of hydrogen-bond acceptors (Lipinski definition) is 3. The Hall–Kier alpha value is -3.66. The summed E-state index contributed by atoms with van der Waals surface area (Å²) in [6, 6.07) is 15.1. The van der Waals surface area contributed by atoms with Crippen molar-refractivity contribution in [1.29, 1.82) is 0 Å². The van der Waals surface area contributed by atoms with Crippen molar-refractivity contribution in [1.82, 2.24) is 0 Å². The number of nitrogens with zero attached hydrogens (tertiary/aromatic N) is 1. The van der Waals surface area contributed by atoms with Gasteiger partial charge in [0.05, 0.1) is 16.8 Å². The lowest BCUT2D eigenvalue weighted by Gasteiger charge is -2.14. The fourth-order valence-corrected chi connectivity index (χ4v) is 2.99. The summed E-state index contributed by atoms with van der Waals surface area (Å²) in [5.74, 6) is -0.724. The quantitative estimate of drug-likeness (QED) is 0.501. The average Bonchev–Trinajstić information content (AvgIpc) is 2.89. The molecule has 1 heterocycles. The summed E-state index contributed by atoms with van der Waals surface area (Å²) in [4.78, 5) is 26.6. The third-order valence-electron chi connectivity index (χ3n) is 4.31. The molecule has 0 aromatic heterocycles. The van der Waals surface area contributed by atoms with E-state index in [2.05, 4.69) is 13.2 Å². The maximum absolute atomic E-state index is 12.7. The number of carbonyl (C=O) groups excluding carboxylic acids is 2. The van der Waals surface area contributed by atoms with Gasteiger partial charge in [-0.25, -0.2) is 4.90 Å². The van der Waals surface area contributed by atoms with Gasteiger partial charge in [-0.1, -0.05) is 49.6 Å². The lowest BCUT2D eigenvalue weighted by molar-refractivity contribution is -0.119. The number of imide groups is 1. The Labute approximate surface area is 158 Å². The Bertz CT molecular complexity index is 928. The summed E-state index contributed by atoms with van der Waals surface area (Å²) in [6.07, 6.45) is 6.83. The Morgan fingerprint density at radius 1 is 0.778 bits per heavy atom. The molecule has 0 radical (unpaired) electrons. The van der Waals surface area contributed by atoms with Crippen molar-refractivity contribution in [3.05, 3.63) is 108 Å². The molecule has 1 fully saturated rings. The van der Waals surface area contributed by atoms with Crippen molar-refractivity contribution in [2.45, 2.75) is 6.42 Å². The standard InChI is InChI=1S/C23H20N2O2/c1-3-5-20-21(6-4-2)23(27)25(22(20)26)19-13-9-17(10-14-19)15-16-7-11-18(24)12-8-16/h3-14H,1-2,15,24H2/b20-5+,21-6+. The highest BCUT2D eigenvalue weighted by atomic mass is 16.2. The van der Waals surface area contributed by atoms with E-state index in [1.807, 2.05) is 36.4 Å². The minimum Gasteiger partial charge on any atom is -0.399 e. The first kappa shape index (κ1) is 18.1. The van der Waals surface area contributed by atoms with Gasteiger partial charge in [-0.05, 0) is 54.0 Å². The van der Waals surface area contributed by atoms with Gasteiger partial charge in [-0.15, -0.1) is 0 Å². The molecule has 0 saturated carbocycles. The van der Waals surface area contributed by atoms with E-state index in [4.69, 9.17) is 5.73 Å². The number of benzene rings is 2. The first-order chi connectivity index (χ1) is 13.0. The van der Waals surface area contributed by atoms with Gasteiger partial charge in [0.15, 0.2) is 0 Å². The normalized spacial score (nSPS) is 17.0.